The Morgan fingerprint density at radius 2 is 1.89 bits per heavy atom. The van der Waals surface area contributed by atoms with E-state index in [1.807, 2.05) is 57.2 Å². The van der Waals surface area contributed by atoms with Crippen molar-refractivity contribution in [3.05, 3.63) is 59.4 Å². The van der Waals surface area contributed by atoms with Gasteiger partial charge < -0.3 is 4.90 Å². The van der Waals surface area contributed by atoms with Crippen molar-refractivity contribution < 1.29 is 4.79 Å². The van der Waals surface area contributed by atoms with Crippen molar-refractivity contribution >= 4 is 11.6 Å². The Hall–Kier alpha value is -2.16. The molecule has 0 aliphatic carbocycles. The van der Waals surface area contributed by atoms with E-state index in [0.29, 0.717) is 12.2 Å². The van der Waals surface area contributed by atoms with E-state index in [0.717, 1.165) is 16.9 Å². The molecule has 0 saturated carbocycles. The minimum Gasteiger partial charge on any atom is -0.307 e. The summed E-state index contributed by atoms with van der Waals surface area (Å²) in [5.74, 6) is -0.0585. The molecule has 0 unspecified atom stereocenters. The van der Waals surface area contributed by atoms with Gasteiger partial charge in [0.1, 0.15) is 5.69 Å². The van der Waals surface area contributed by atoms with Gasteiger partial charge in [0.15, 0.2) is 0 Å². The number of rotatable bonds is 3. The van der Waals surface area contributed by atoms with Gasteiger partial charge in [-0.15, -0.1) is 0 Å². The molecule has 0 radical (unpaired) electrons. The fourth-order valence-electron chi connectivity index (χ4n) is 2.04. The maximum atomic E-state index is 12.5. The average Bonchev–Trinajstić information content (AvgIpc) is 2.39. The van der Waals surface area contributed by atoms with E-state index in [2.05, 4.69) is 4.98 Å². The zero-order valence-corrected chi connectivity index (χ0v) is 11.6. The number of carbonyl (C=O) groups excluding carboxylic acids is 1. The van der Waals surface area contributed by atoms with Crippen LogP contribution in [-0.2, 0) is 0 Å². The molecule has 2 aromatic rings. The summed E-state index contributed by atoms with van der Waals surface area (Å²) < 4.78 is 0. The minimum absolute atomic E-state index is 0.0585. The largest absolute Gasteiger partial charge is 0.307 e. The van der Waals surface area contributed by atoms with Gasteiger partial charge in [0.2, 0.25) is 0 Å². The highest BCUT2D eigenvalue weighted by Crippen LogP contribution is 2.18. The second kappa shape index (κ2) is 5.65. The number of carbonyl (C=O) groups is 1. The summed E-state index contributed by atoms with van der Waals surface area (Å²) in [5, 5.41) is 0. The molecule has 0 saturated heterocycles. The van der Waals surface area contributed by atoms with Crippen LogP contribution < -0.4 is 4.90 Å². The summed E-state index contributed by atoms with van der Waals surface area (Å²) >= 11 is 0. The minimum atomic E-state index is -0.0585. The van der Waals surface area contributed by atoms with Crippen molar-refractivity contribution in [1.82, 2.24) is 4.98 Å². The number of nitrogens with zero attached hydrogens (tertiary/aromatic N) is 2. The first-order valence-corrected chi connectivity index (χ1v) is 6.44. The van der Waals surface area contributed by atoms with Gasteiger partial charge in [0, 0.05) is 17.9 Å². The highest BCUT2D eigenvalue weighted by molar-refractivity contribution is 6.04. The van der Waals surface area contributed by atoms with Crippen molar-refractivity contribution in [2.24, 2.45) is 0 Å². The third-order valence-electron chi connectivity index (χ3n) is 2.98. The van der Waals surface area contributed by atoms with E-state index in [1.54, 1.807) is 11.0 Å². The van der Waals surface area contributed by atoms with Crippen LogP contribution in [0.25, 0.3) is 0 Å². The lowest BCUT2D eigenvalue weighted by molar-refractivity contribution is 0.0983. The second-order valence-corrected chi connectivity index (χ2v) is 4.55. The van der Waals surface area contributed by atoms with E-state index in [-0.39, 0.29) is 5.91 Å². The Balaban J connectivity index is 2.34. The van der Waals surface area contributed by atoms with Gasteiger partial charge in [-0.25, -0.2) is 4.98 Å². The van der Waals surface area contributed by atoms with E-state index in [1.165, 1.54) is 0 Å². The molecule has 0 aliphatic heterocycles. The standard InChI is InChI=1S/C16H18N2O/c1-4-18(14-9-5-7-12(2)11-14)16(19)15-10-6-8-13(3)17-15/h5-11H,4H2,1-3H3. The van der Waals surface area contributed by atoms with E-state index >= 15 is 0 Å². The first-order valence-electron chi connectivity index (χ1n) is 6.44. The van der Waals surface area contributed by atoms with Crippen LogP contribution in [0.5, 0.6) is 0 Å². The Morgan fingerprint density at radius 1 is 1.16 bits per heavy atom. The number of benzene rings is 1. The number of amides is 1. The van der Waals surface area contributed by atoms with Gasteiger partial charge in [0.05, 0.1) is 0 Å². The molecular weight excluding hydrogens is 236 g/mol. The first kappa shape index (κ1) is 13.3. The molecule has 0 aliphatic rings. The molecule has 0 N–H and O–H groups in total. The average molecular weight is 254 g/mol. The summed E-state index contributed by atoms with van der Waals surface area (Å²) in [4.78, 5) is 18.5. The maximum absolute atomic E-state index is 12.5. The van der Waals surface area contributed by atoms with Gasteiger partial charge in [-0.05, 0) is 50.6 Å². The monoisotopic (exact) mass is 254 g/mol. The van der Waals surface area contributed by atoms with Crippen LogP contribution >= 0.6 is 0 Å². The smallest absolute Gasteiger partial charge is 0.276 e. The molecule has 0 fully saturated rings. The van der Waals surface area contributed by atoms with E-state index in [9.17, 15) is 4.79 Å². The Labute approximate surface area is 113 Å². The van der Waals surface area contributed by atoms with Crippen molar-refractivity contribution in [3.63, 3.8) is 0 Å². The van der Waals surface area contributed by atoms with Gasteiger partial charge in [-0.3, -0.25) is 4.79 Å². The number of hydrogen-bond donors (Lipinski definition) is 0. The molecule has 3 nitrogen and oxygen atoms in total. The van der Waals surface area contributed by atoms with Crippen LogP contribution in [0.15, 0.2) is 42.5 Å². The van der Waals surface area contributed by atoms with Crippen LogP contribution in [0.3, 0.4) is 0 Å². The molecule has 3 heteroatoms. The Bertz CT molecular complexity index is 593. The quantitative estimate of drug-likeness (QED) is 0.841. The third-order valence-corrected chi connectivity index (χ3v) is 2.98. The van der Waals surface area contributed by atoms with Crippen LogP contribution in [0.1, 0.15) is 28.7 Å². The molecule has 1 amide bonds. The fourth-order valence-corrected chi connectivity index (χ4v) is 2.04. The van der Waals surface area contributed by atoms with Crippen LogP contribution in [0.2, 0.25) is 0 Å². The number of anilines is 1. The van der Waals surface area contributed by atoms with Crippen LogP contribution in [-0.4, -0.2) is 17.4 Å². The van der Waals surface area contributed by atoms with Gasteiger partial charge in [-0.2, -0.15) is 0 Å². The van der Waals surface area contributed by atoms with E-state index in [4.69, 9.17) is 0 Å². The molecule has 1 aromatic heterocycles. The Kier molecular flexibility index (Phi) is 3.95. The number of aromatic nitrogens is 1. The molecule has 1 aromatic carbocycles. The highest BCUT2D eigenvalue weighted by Gasteiger charge is 2.17. The van der Waals surface area contributed by atoms with Crippen molar-refractivity contribution in [1.29, 1.82) is 0 Å². The molecule has 1 heterocycles. The lowest BCUT2D eigenvalue weighted by atomic mass is 10.2. The van der Waals surface area contributed by atoms with Gasteiger partial charge in [-0.1, -0.05) is 18.2 Å². The maximum Gasteiger partial charge on any atom is 0.276 e. The Morgan fingerprint density at radius 3 is 2.53 bits per heavy atom. The lowest BCUT2D eigenvalue weighted by Gasteiger charge is -2.21. The van der Waals surface area contributed by atoms with Crippen molar-refractivity contribution in [2.75, 3.05) is 11.4 Å². The topological polar surface area (TPSA) is 33.2 Å². The summed E-state index contributed by atoms with van der Waals surface area (Å²) in [7, 11) is 0. The summed E-state index contributed by atoms with van der Waals surface area (Å²) in [6, 6.07) is 13.4. The lowest BCUT2D eigenvalue weighted by Crippen LogP contribution is -2.31. The van der Waals surface area contributed by atoms with Crippen LogP contribution in [0, 0.1) is 13.8 Å². The summed E-state index contributed by atoms with van der Waals surface area (Å²) in [6.45, 7) is 6.50. The highest BCUT2D eigenvalue weighted by atomic mass is 16.2. The normalized spacial score (nSPS) is 10.3. The van der Waals surface area contributed by atoms with Crippen molar-refractivity contribution in [3.8, 4) is 0 Å². The summed E-state index contributed by atoms with van der Waals surface area (Å²) in [6.07, 6.45) is 0. The SMILES string of the molecule is CCN(C(=O)c1cccc(C)n1)c1cccc(C)c1. The number of hydrogen-bond acceptors (Lipinski definition) is 2. The van der Waals surface area contributed by atoms with Gasteiger partial charge in [0.25, 0.3) is 5.91 Å². The summed E-state index contributed by atoms with van der Waals surface area (Å²) in [5.41, 5.74) is 3.39. The molecular formula is C16H18N2O. The van der Waals surface area contributed by atoms with E-state index < -0.39 is 0 Å². The predicted molar refractivity (Wildman–Crippen MR) is 77.5 cm³/mol. The molecule has 0 spiro atoms. The zero-order chi connectivity index (χ0) is 13.8. The molecule has 98 valence electrons. The third kappa shape index (κ3) is 2.99. The molecule has 19 heavy (non-hydrogen) atoms. The molecule has 2 rings (SSSR count). The van der Waals surface area contributed by atoms with Gasteiger partial charge >= 0.3 is 0 Å². The van der Waals surface area contributed by atoms with Crippen LogP contribution in [0.4, 0.5) is 5.69 Å². The molecule has 0 bridgehead atoms. The fraction of sp³-hybridized carbons (Fsp3) is 0.250. The van der Waals surface area contributed by atoms with Crippen molar-refractivity contribution in [2.45, 2.75) is 20.8 Å². The predicted octanol–water partition coefficient (Wildman–Crippen LogP) is 3.37. The molecule has 0 atom stereocenters. The number of aryl methyl sites for hydroxylation is 2. The first-order chi connectivity index (χ1) is 9.11. The zero-order valence-electron chi connectivity index (χ0n) is 11.6. The number of pyridine rings is 1. The second-order valence-electron chi connectivity index (χ2n) is 4.55.